The van der Waals surface area contributed by atoms with Crippen LogP contribution in [-0.4, -0.2) is 57.8 Å². The van der Waals surface area contributed by atoms with Gasteiger partial charge in [-0.1, -0.05) is 29.6 Å². The Morgan fingerprint density at radius 2 is 1.76 bits per heavy atom. The quantitative estimate of drug-likeness (QED) is 0.160. The zero-order chi connectivity index (χ0) is 28.5. The molecule has 10 heteroatoms. The van der Waals surface area contributed by atoms with Gasteiger partial charge in [-0.05, 0) is 82.1 Å². The van der Waals surface area contributed by atoms with E-state index in [9.17, 15) is 0 Å². The number of pyridine rings is 1. The van der Waals surface area contributed by atoms with Crippen molar-refractivity contribution < 1.29 is 4.74 Å². The van der Waals surface area contributed by atoms with Crippen molar-refractivity contribution in [2.75, 3.05) is 36.8 Å². The van der Waals surface area contributed by atoms with E-state index in [1.54, 1.807) is 18.2 Å². The molecule has 41 heavy (non-hydrogen) atoms. The van der Waals surface area contributed by atoms with Gasteiger partial charge in [0.1, 0.15) is 17.6 Å². The number of nitrogens with two attached hydrogens (primary N) is 1. The number of likely N-dealkylation sites (tertiary alicyclic amines) is 1. The Morgan fingerprint density at radius 1 is 1.02 bits per heavy atom. The fraction of sp³-hybridized carbons (Fsp3) is 0.387. The highest BCUT2D eigenvalue weighted by molar-refractivity contribution is 6.35. The molecule has 8 nitrogen and oxygen atoms in total. The number of piperidine rings is 2. The molecule has 1 unspecified atom stereocenters. The fourth-order valence-corrected chi connectivity index (χ4v) is 6.78. The first-order valence-corrected chi connectivity index (χ1v) is 15.1. The smallest absolute Gasteiger partial charge is 0.157 e. The second kappa shape index (κ2) is 11.9. The SMILES string of the molecule is CC(Oc1ccc(N)c(C(=N)c2nc3ccc(N4CCC(N5CCCCC5)CC4)cc3[nH]2)c1)c1c(Cl)cncc1Cl. The molecule has 0 saturated carbocycles. The first-order chi connectivity index (χ1) is 19.9. The molecule has 214 valence electrons. The molecule has 2 fully saturated rings. The number of halogens is 2. The van der Waals surface area contributed by atoms with E-state index in [-0.39, 0.29) is 5.71 Å². The lowest BCUT2D eigenvalue weighted by molar-refractivity contribution is 0.141. The summed E-state index contributed by atoms with van der Waals surface area (Å²) in [6.07, 6.45) is 9.10. The Labute approximate surface area is 250 Å². The van der Waals surface area contributed by atoms with Crippen molar-refractivity contribution in [2.24, 2.45) is 0 Å². The number of imidazole rings is 1. The largest absolute Gasteiger partial charge is 0.486 e. The summed E-state index contributed by atoms with van der Waals surface area (Å²) in [6, 6.07) is 12.3. The van der Waals surface area contributed by atoms with Crippen LogP contribution < -0.4 is 15.4 Å². The third-order valence-electron chi connectivity index (χ3n) is 8.34. The van der Waals surface area contributed by atoms with Gasteiger partial charge in [-0.2, -0.15) is 0 Å². The third-order valence-corrected chi connectivity index (χ3v) is 8.95. The number of anilines is 2. The molecule has 0 radical (unpaired) electrons. The zero-order valence-electron chi connectivity index (χ0n) is 23.2. The second-order valence-electron chi connectivity index (χ2n) is 11.0. The van der Waals surface area contributed by atoms with Gasteiger partial charge < -0.3 is 25.3 Å². The van der Waals surface area contributed by atoms with Crippen molar-refractivity contribution in [1.29, 1.82) is 5.41 Å². The number of H-pyrrole nitrogens is 1. The standard InChI is InChI=1S/C31H35Cl2N7O/c1-19(29-24(32)17-36-18-25(29)33)41-22-6-7-26(34)23(16-22)30(35)31-37-27-8-5-21(15-28(27)38-31)40-13-9-20(10-14-40)39-11-3-2-4-12-39/h5-8,15-20,35H,2-4,9-14,34H2,1H3,(H,37,38). The van der Waals surface area contributed by atoms with Crippen molar-refractivity contribution in [3.8, 4) is 5.75 Å². The van der Waals surface area contributed by atoms with E-state index < -0.39 is 6.10 Å². The van der Waals surface area contributed by atoms with Crippen LogP contribution in [0.15, 0.2) is 48.8 Å². The Kier molecular flexibility index (Phi) is 8.06. The van der Waals surface area contributed by atoms with Gasteiger partial charge in [0, 0.05) is 54.0 Å². The lowest BCUT2D eigenvalue weighted by Crippen LogP contribution is -2.46. The zero-order valence-corrected chi connectivity index (χ0v) is 24.7. The second-order valence-corrected chi connectivity index (χ2v) is 11.8. The molecular formula is C31H35Cl2N7O. The molecular weight excluding hydrogens is 557 g/mol. The summed E-state index contributed by atoms with van der Waals surface area (Å²) >= 11 is 12.6. The van der Waals surface area contributed by atoms with E-state index in [4.69, 9.17) is 44.1 Å². The number of ether oxygens (including phenoxy) is 1. The minimum atomic E-state index is -0.432. The van der Waals surface area contributed by atoms with Crippen molar-refractivity contribution >= 4 is 51.3 Å². The van der Waals surface area contributed by atoms with Gasteiger partial charge in [-0.15, -0.1) is 0 Å². The Hall–Kier alpha value is -3.33. The van der Waals surface area contributed by atoms with Crippen molar-refractivity contribution in [3.63, 3.8) is 0 Å². The van der Waals surface area contributed by atoms with Crippen LogP contribution in [0.5, 0.6) is 5.75 Å². The summed E-state index contributed by atoms with van der Waals surface area (Å²) in [7, 11) is 0. The maximum Gasteiger partial charge on any atom is 0.157 e. The number of hydrogen-bond donors (Lipinski definition) is 3. The van der Waals surface area contributed by atoms with E-state index in [0.717, 1.165) is 24.1 Å². The van der Waals surface area contributed by atoms with E-state index in [1.165, 1.54) is 63.3 Å². The number of rotatable bonds is 7. The molecule has 4 N–H and O–H groups in total. The number of nitrogens with one attached hydrogen (secondary N) is 2. The summed E-state index contributed by atoms with van der Waals surface area (Å²) in [5.41, 5.74) is 11.1. The predicted molar refractivity (Wildman–Crippen MR) is 167 cm³/mol. The Balaban J connectivity index is 1.17. The molecule has 2 aliphatic heterocycles. The van der Waals surface area contributed by atoms with Crippen LogP contribution in [-0.2, 0) is 0 Å². The molecule has 2 saturated heterocycles. The fourth-order valence-electron chi connectivity index (χ4n) is 6.11. The first-order valence-electron chi connectivity index (χ1n) is 14.3. The van der Waals surface area contributed by atoms with Gasteiger partial charge in [0.25, 0.3) is 0 Å². The van der Waals surface area contributed by atoms with Crippen LogP contribution in [0.4, 0.5) is 11.4 Å². The molecule has 0 spiro atoms. The number of aromatic amines is 1. The lowest BCUT2D eigenvalue weighted by Gasteiger charge is -2.41. The van der Waals surface area contributed by atoms with Gasteiger partial charge in [-0.3, -0.25) is 10.4 Å². The molecule has 0 amide bonds. The molecule has 6 rings (SSSR count). The van der Waals surface area contributed by atoms with Gasteiger partial charge in [0.15, 0.2) is 5.82 Å². The minimum Gasteiger partial charge on any atom is -0.486 e. The first kappa shape index (κ1) is 27.8. The molecule has 1 atom stereocenters. The van der Waals surface area contributed by atoms with Crippen molar-refractivity contribution in [1.82, 2.24) is 19.9 Å². The number of benzene rings is 2. The average Bonchev–Trinajstić information content (AvgIpc) is 3.42. The summed E-state index contributed by atoms with van der Waals surface area (Å²) in [5.74, 6) is 1.000. The third kappa shape index (κ3) is 5.87. The normalized spacial score (nSPS) is 17.6. The Bertz CT molecular complexity index is 1540. The van der Waals surface area contributed by atoms with E-state index in [2.05, 4.69) is 31.9 Å². The molecule has 0 bridgehead atoms. The topological polar surface area (TPSA) is 107 Å². The van der Waals surface area contributed by atoms with Crippen molar-refractivity contribution in [2.45, 2.75) is 51.2 Å². The molecule has 0 aliphatic carbocycles. The van der Waals surface area contributed by atoms with E-state index >= 15 is 0 Å². The number of nitrogens with zero attached hydrogens (tertiary/aromatic N) is 4. The van der Waals surface area contributed by atoms with Crippen LogP contribution >= 0.6 is 23.2 Å². The summed E-state index contributed by atoms with van der Waals surface area (Å²) in [4.78, 5) is 17.2. The molecule has 4 aromatic rings. The number of fused-ring (bicyclic) bond motifs is 1. The maximum absolute atomic E-state index is 8.93. The van der Waals surface area contributed by atoms with Crippen LogP contribution in [0.2, 0.25) is 10.0 Å². The number of nitrogen functional groups attached to an aromatic ring is 1. The van der Waals surface area contributed by atoms with E-state index in [0.29, 0.717) is 44.5 Å². The highest BCUT2D eigenvalue weighted by atomic mass is 35.5. The Morgan fingerprint density at radius 3 is 2.49 bits per heavy atom. The summed E-state index contributed by atoms with van der Waals surface area (Å²) in [5, 5.41) is 9.79. The van der Waals surface area contributed by atoms with Crippen LogP contribution in [0, 0.1) is 5.41 Å². The highest BCUT2D eigenvalue weighted by Gasteiger charge is 2.26. The van der Waals surface area contributed by atoms with Crippen LogP contribution in [0.3, 0.4) is 0 Å². The molecule has 4 heterocycles. The summed E-state index contributed by atoms with van der Waals surface area (Å²) < 4.78 is 6.14. The van der Waals surface area contributed by atoms with Gasteiger partial charge in [0.2, 0.25) is 0 Å². The monoisotopic (exact) mass is 591 g/mol. The van der Waals surface area contributed by atoms with Gasteiger partial charge >= 0.3 is 0 Å². The predicted octanol–water partition coefficient (Wildman–Crippen LogP) is 6.86. The van der Waals surface area contributed by atoms with Gasteiger partial charge in [0.05, 0.1) is 21.1 Å². The lowest BCUT2D eigenvalue weighted by atomic mass is 9.99. The highest BCUT2D eigenvalue weighted by Crippen LogP contribution is 2.34. The molecule has 2 aromatic carbocycles. The van der Waals surface area contributed by atoms with Gasteiger partial charge in [-0.25, -0.2) is 4.98 Å². The van der Waals surface area contributed by atoms with E-state index in [1.807, 2.05) is 13.0 Å². The van der Waals surface area contributed by atoms with Crippen LogP contribution in [0.1, 0.15) is 62.1 Å². The van der Waals surface area contributed by atoms with Crippen molar-refractivity contribution in [3.05, 3.63) is 75.8 Å². The molecule has 2 aromatic heterocycles. The maximum atomic E-state index is 8.93. The molecule has 2 aliphatic rings. The average molecular weight is 593 g/mol. The number of aromatic nitrogens is 3. The van der Waals surface area contributed by atoms with Crippen LogP contribution in [0.25, 0.3) is 11.0 Å². The number of hydrogen-bond acceptors (Lipinski definition) is 7. The minimum absolute atomic E-state index is 0.195. The summed E-state index contributed by atoms with van der Waals surface area (Å²) in [6.45, 7) is 6.49.